The maximum atomic E-state index is 12.6. The minimum Gasteiger partial charge on any atom is -0.352 e. The van der Waals surface area contributed by atoms with Crippen molar-refractivity contribution in [1.29, 1.82) is 0 Å². The Morgan fingerprint density at radius 3 is 2.18 bits per heavy atom. The van der Waals surface area contributed by atoms with Crippen LogP contribution in [0, 0.1) is 3.57 Å². The zero-order valence-electron chi connectivity index (χ0n) is 18.7. The molecule has 0 saturated heterocycles. The lowest BCUT2D eigenvalue weighted by Crippen LogP contribution is -2.25. The van der Waals surface area contributed by atoms with Gasteiger partial charge in [0.25, 0.3) is 5.91 Å². The monoisotopic (exact) mass is 624 g/mol. The van der Waals surface area contributed by atoms with Crippen molar-refractivity contribution >= 4 is 44.4 Å². The molecule has 0 aliphatic carbocycles. The van der Waals surface area contributed by atoms with Gasteiger partial charge in [0, 0.05) is 33.2 Å². The summed E-state index contributed by atoms with van der Waals surface area (Å²) >= 11 is 5.98. The Labute approximate surface area is 223 Å². The molecule has 172 valence electrons. The molecule has 0 bridgehead atoms. The maximum absolute atomic E-state index is 12.6. The molecule has 0 heterocycles. The van der Waals surface area contributed by atoms with Gasteiger partial charge in [-0.3, -0.25) is 4.79 Å². The molecule has 0 unspecified atom stereocenters. The maximum Gasteiger partial charge on any atom is 0.251 e. The van der Waals surface area contributed by atoms with Gasteiger partial charge in [0.2, 0.25) is 0 Å². The van der Waals surface area contributed by atoms with Gasteiger partial charge in [-0.05, 0) is 75.0 Å². The summed E-state index contributed by atoms with van der Waals surface area (Å²) in [5.74, 6) is -0.0556. The Morgan fingerprint density at radius 2 is 1.44 bits per heavy atom. The van der Waals surface area contributed by atoms with Crippen LogP contribution in [0.15, 0.2) is 102 Å². The lowest BCUT2D eigenvalue weighted by Gasteiger charge is -2.11. The van der Waals surface area contributed by atoms with Gasteiger partial charge in [0.1, 0.15) is 0 Å². The van der Waals surface area contributed by atoms with Gasteiger partial charge in [-0.2, -0.15) is 0 Å². The van der Waals surface area contributed by atoms with Crippen molar-refractivity contribution in [2.75, 3.05) is 6.54 Å². The number of carbonyl (C=O) groups excluding carboxylic acids is 1. The normalized spacial score (nSPS) is 10.8. The first-order valence-corrected chi connectivity index (χ1v) is 13.1. The van der Waals surface area contributed by atoms with Crippen molar-refractivity contribution in [2.24, 2.45) is 0 Å². The van der Waals surface area contributed by atoms with Crippen molar-refractivity contribution in [3.05, 3.63) is 127 Å². The second kappa shape index (κ2) is 12.3. The molecule has 0 aromatic heterocycles. The number of rotatable bonds is 9. The zero-order chi connectivity index (χ0) is 23.8. The summed E-state index contributed by atoms with van der Waals surface area (Å²) in [5, 5.41) is 6.51. The topological polar surface area (TPSA) is 41.1 Å². The number of hydrogen-bond acceptors (Lipinski definition) is 2. The van der Waals surface area contributed by atoms with Gasteiger partial charge >= 0.3 is 0 Å². The Bertz CT molecular complexity index is 1240. The van der Waals surface area contributed by atoms with E-state index in [0.717, 1.165) is 29.5 Å². The second-order valence-electron chi connectivity index (χ2n) is 8.07. The molecule has 0 saturated carbocycles. The van der Waals surface area contributed by atoms with Crippen LogP contribution in [-0.2, 0) is 19.5 Å². The molecule has 0 aliphatic heterocycles. The molecule has 0 atom stereocenters. The quantitative estimate of drug-likeness (QED) is 0.197. The number of amides is 1. The average Bonchev–Trinajstić information content (AvgIpc) is 2.87. The molecule has 4 rings (SSSR count). The van der Waals surface area contributed by atoms with E-state index < -0.39 is 0 Å². The molecule has 0 fully saturated rings. The van der Waals surface area contributed by atoms with Crippen molar-refractivity contribution in [2.45, 2.75) is 19.5 Å². The van der Waals surface area contributed by atoms with E-state index in [4.69, 9.17) is 0 Å². The summed E-state index contributed by atoms with van der Waals surface area (Å²) in [6.45, 7) is 2.13. The Hall–Kier alpha value is -2.48. The smallest absolute Gasteiger partial charge is 0.251 e. The number of benzene rings is 4. The molecule has 0 aliphatic rings. The second-order valence-corrected chi connectivity index (χ2v) is 10.1. The summed E-state index contributed by atoms with van der Waals surface area (Å²) < 4.78 is 2.19. The standard InChI is InChI=1S/C29H26BrIN2O/c30-27-18-24(14-15-25(27)19-32-20-26-8-4-5-9-28(26)31)29(34)33-17-16-21-10-12-23(13-11-21)22-6-2-1-3-7-22/h1-15,18,32H,16-17,19-20H2,(H,33,34). The van der Waals surface area contributed by atoms with E-state index in [9.17, 15) is 4.79 Å². The number of carbonyl (C=O) groups is 1. The molecule has 3 nitrogen and oxygen atoms in total. The van der Waals surface area contributed by atoms with Crippen LogP contribution in [0.4, 0.5) is 0 Å². The van der Waals surface area contributed by atoms with Crippen molar-refractivity contribution in [1.82, 2.24) is 10.6 Å². The molecule has 4 aromatic carbocycles. The summed E-state index contributed by atoms with van der Waals surface area (Å²) in [7, 11) is 0. The van der Waals surface area contributed by atoms with E-state index in [1.807, 2.05) is 42.5 Å². The fourth-order valence-corrected chi connectivity index (χ4v) is 4.82. The summed E-state index contributed by atoms with van der Waals surface area (Å²) in [6, 6.07) is 33.0. The van der Waals surface area contributed by atoms with Crippen LogP contribution in [0.3, 0.4) is 0 Å². The molecule has 4 aromatic rings. The highest BCUT2D eigenvalue weighted by Gasteiger charge is 2.09. The molecule has 0 spiro atoms. The van der Waals surface area contributed by atoms with Crippen molar-refractivity contribution in [3.63, 3.8) is 0 Å². The van der Waals surface area contributed by atoms with Crippen LogP contribution < -0.4 is 10.6 Å². The van der Waals surface area contributed by atoms with Crippen LogP contribution in [-0.4, -0.2) is 12.5 Å². The average molecular weight is 625 g/mol. The summed E-state index contributed by atoms with van der Waals surface area (Å²) in [5.41, 5.74) is 6.68. The summed E-state index contributed by atoms with van der Waals surface area (Å²) in [6.07, 6.45) is 0.794. The first-order valence-electron chi connectivity index (χ1n) is 11.3. The molecule has 0 radical (unpaired) electrons. The predicted octanol–water partition coefficient (Wildman–Crippen LogP) is 6.98. The van der Waals surface area contributed by atoms with Gasteiger partial charge in [-0.25, -0.2) is 0 Å². The molecular weight excluding hydrogens is 599 g/mol. The highest BCUT2D eigenvalue weighted by Crippen LogP contribution is 2.20. The van der Waals surface area contributed by atoms with Crippen LogP contribution in [0.25, 0.3) is 11.1 Å². The van der Waals surface area contributed by atoms with E-state index in [-0.39, 0.29) is 5.91 Å². The van der Waals surface area contributed by atoms with Crippen molar-refractivity contribution in [3.8, 4) is 11.1 Å². The van der Waals surface area contributed by atoms with Crippen LogP contribution in [0.5, 0.6) is 0 Å². The van der Waals surface area contributed by atoms with Crippen LogP contribution >= 0.6 is 38.5 Å². The molecule has 34 heavy (non-hydrogen) atoms. The molecule has 5 heteroatoms. The zero-order valence-corrected chi connectivity index (χ0v) is 22.5. The minimum absolute atomic E-state index is 0.0556. The Balaban J connectivity index is 1.25. The van der Waals surface area contributed by atoms with E-state index in [2.05, 4.69) is 104 Å². The lowest BCUT2D eigenvalue weighted by molar-refractivity contribution is 0.0954. The fraction of sp³-hybridized carbons (Fsp3) is 0.138. The highest BCUT2D eigenvalue weighted by atomic mass is 127. The van der Waals surface area contributed by atoms with E-state index >= 15 is 0 Å². The fourth-order valence-electron chi connectivity index (χ4n) is 3.72. The molecular formula is C29H26BrIN2O. The SMILES string of the molecule is O=C(NCCc1ccc(-c2ccccc2)cc1)c1ccc(CNCc2ccccc2I)c(Br)c1. The first-order chi connectivity index (χ1) is 16.6. The van der Waals surface area contributed by atoms with Crippen molar-refractivity contribution < 1.29 is 4.79 Å². The number of nitrogens with one attached hydrogen (secondary N) is 2. The van der Waals surface area contributed by atoms with Crippen LogP contribution in [0.1, 0.15) is 27.0 Å². The largest absolute Gasteiger partial charge is 0.352 e. The van der Waals surface area contributed by atoms with Gasteiger partial charge in [0.15, 0.2) is 0 Å². The van der Waals surface area contributed by atoms with E-state index in [1.165, 1.54) is 25.8 Å². The van der Waals surface area contributed by atoms with Gasteiger partial charge < -0.3 is 10.6 Å². The summed E-state index contributed by atoms with van der Waals surface area (Å²) in [4.78, 5) is 12.6. The number of halogens is 2. The van der Waals surface area contributed by atoms with Gasteiger partial charge in [0.05, 0.1) is 0 Å². The number of hydrogen-bond donors (Lipinski definition) is 2. The van der Waals surface area contributed by atoms with Gasteiger partial charge in [-0.15, -0.1) is 0 Å². The lowest BCUT2D eigenvalue weighted by atomic mass is 10.0. The third-order valence-corrected chi connectivity index (χ3v) is 7.45. The van der Waals surface area contributed by atoms with E-state index in [0.29, 0.717) is 12.1 Å². The van der Waals surface area contributed by atoms with Gasteiger partial charge in [-0.1, -0.05) is 94.8 Å². The molecule has 1 amide bonds. The predicted molar refractivity (Wildman–Crippen MR) is 152 cm³/mol. The van der Waals surface area contributed by atoms with Crippen LogP contribution in [0.2, 0.25) is 0 Å². The first kappa shape index (κ1) is 24.6. The Kier molecular flexibility index (Phi) is 8.91. The minimum atomic E-state index is -0.0556. The van der Waals surface area contributed by atoms with E-state index in [1.54, 1.807) is 0 Å². The third-order valence-electron chi connectivity index (χ3n) is 5.66. The Morgan fingerprint density at radius 1 is 0.765 bits per heavy atom. The molecule has 2 N–H and O–H groups in total. The highest BCUT2D eigenvalue weighted by molar-refractivity contribution is 14.1. The third kappa shape index (κ3) is 6.78.